The molecule has 1 rings (SSSR count). The van der Waals surface area contributed by atoms with Gasteiger partial charge < -0.3 is 27.4 Å². The number of hydrogen-bond acceptors (Lipinski definition) is 6. The van der Waals surface area contributed by atoms with Crippen molar-refractivity contribution >= 4 is 33.8 Å². The number of amides is 2. The Hall–Kier alpha value is -1.80. The molecule has 0 unspecified atom stereocenters. The summed E-state index contributed by atoms with van der Waals surface area (Å²) in [5.41, 5.74) is 16.5. The lowest BCUT2D eigenvalue weighted by Crippen LogP contribution is -2.25. The van der Waals surface area contributed by atoms with Gasteiger partial charge in [-0.05, 0) is 26.1 Å². The molecule has 21 heavy (non-hydrogen) atoms. The van der Waals surface area contributed by atoms with Gasteiger partial charge in [0.15, 0.2) is 0 Å². The van der Waals surface area contributed by atoms with E-state index >= 15 is 0 Å². The molecular formula is C13H23N5O2S. The summed E-state index contributed by atoms with van der Waals surface area (Å²) in [6.45, 7) is 7.84. The Morgan fingerprint density at radius 3 is 2.29 bits per heavy atom. The number of carbonyl (C=O) groups is 2. The predicted molar refractivity (Wildman–Crippen MR) is 86.7 cm³/mol. The van der Waals surface area contributed by atoms with Gasteiger partial charge in [-0.25, -0.2) is 0 Å². The zero-order valence-electron chi connectivity index (χ0n) is 12.4. The van der Waals surface area contributed by atoms with Gasteiger partial charge in [0.2, 0.25) is 0 Å². The monoisotopic (exact) mass is 313 g/mol. The van der Waals surface area contributed by atoms with Gasteiger partial charge in [-0.15, -0.1) is 11.3 Å². The Morgan fingerprint density at radius 2 is 1.81 bits per heavy atom. The number of carbonyl (C=O) groups excluding carboxylic acids is 2. The minimum Gasteiger partial charge on any atom is -0.397 e. The van der Waals surface area contributed by atoms with E-state index in [2.05, 4.69) is 24.1 Å². The number of rotatable bonds is 9. The summed E-state index contributed by atoms with van der Waals surface area (Å²) in [7, 11) is 0. The van der Waals surface area contributed by atoms with Crippen LogP contribution >= 0.6 is 11.3 Å². The highest BCUT2D eigenvalue weighted by Crippen LogP contribution is 2.35. The van der Waals surface area contributed by atoms with Crippen molar-refractivity contribution in [2.75, 3.05) is 37.2 Å². The Morgan fingerprint density at radius 1 is 1.19 bits per heavy atom. The molecule has 1 aromatic heterocycles. The van der Waals surface area contributed by atoms with E-state index in [-0.39, 0.29) is 16.1 Å². The molecule has 7 nitrogen and oxygen atoms in total. The smallest absolute Gasteiger partial charge is 0.260 e. The molecule has 1 aromatic rings. The highest BCUT2D eigenvalue weighted by molar-refractivity contribution is 7.19. The molecule has 0 saturated heterocycles. The molecule has 0 fully saturated rings. The summed E-state index contributed by atoms with van der Waals surface area (Å²) in [5.74, 6) is -1.32. The largest absolute Gasteiger partial charge is 0.397 e. The summed E-state index contributed by atoms with van der Waals surface area (Å²) in [4.78, 5) is 25.2. The molecule has 2 amide bonds. The van der Waals surface area contributed by atoms with Crippen LogP contribution in [0.1, 0.15) is 40.3 Å². The third-order valence-corrected chi connectivity index (χ3v) is 4.42. The first-order valence-electron chi connectivity index (χ1n) is 6.90. The molecule has 7 N–H and O–H groups in total. The third-order valence-electron chi connectivity index (χ3n) is 3.25. The van der Waals surface area contributed by atoms with Gasteiger partial charge in [0.25, 0.3) is 11.8 Å². The van der Waals surface area contributed by atoms with Crippen LogP contribution in [0, 0.1) is 0 Å². The number of nitrogens with one attached hydrogen (secondary N) is 1. The average Bonchev–Trinajstić information content (AvgIpc) is 2.76. The van der Waals surface area contributed by atoms with Gasteiger partial charge in [-0.1, -0.05) is 13.8 Å². The molecule has 0 bridgehead atoms. The minimum atomic E-state index is -0.664. The van der Waals surface area contributed by atoms with Gasteiger partial charge in [0.05, 0.1) is 11.3 Å². The number of hydrogen-bond donors (Lipinski definition) is 4. The molecule has 0 aliphatic heterocycles. The van der Waals surface area contributed by atoms with Crippen molar-refractivity contribution in [3.05, 3.63) is 10.4 Å². The van der Waals surface area contributed by atoms with Crippen molar-refractivity contribution in [3.8, 4) is 0 Å². The second-order valence-corrected chi connectivity index (χ2v) is 5.61. The van der Waals surface area contributed by atoms with Crippen LogP contribution in [0.3, 0.4) is 0 Å². The van der Waals surface area contributed by atoms with Crippen molar-refractivity contribution in [3.63, 3.8) is 0 Å². The summed E-state index contributed by atoms with van der Waals surface area (Å²) >= 11 is 1.07. The van der Waals surface area contributed by atoms with E-state index in [0.29, 0.717) is 11.5 Å². The molecule has 8 heteroatoms. The summed E-state index contributed by atoms with van der Waals surface area (Å²) < 4.78 is 0. The topological polar surface area (TPSA) is 127 Å². The van der Waals surface area contributed by atoms with Crippen LogP contribution in [0.5, 0.6) is 0 Å². The fourth-order valence-electron chi connectivity index (χ4n) is 2.04. The minimum absolute atomic E-state index is 0.0613. The normalized spacial score (nSPS) is 10.8. The molecule has 0 aromatic carbocycles. The fraction of sp³-hybridized carbons (Fsp3) is 0.538. The van der Waals surface area contributed by atoms with Crippen LogP contribution in [0.2, 0.25) is 0 Å². The van der Waals surface area contributed by atoms with E-state index in [0.717, 1.165) is 37.4 Å². The average molecular weight is 313 g/mol. The maximum atomic E-state index is 11.5. The van der Waals surface area contributed by atoms with Crippen molar-refractivity contribution in [2.45, 2.75) is 20.3 Å². The Labute approximate surface area is 128 Å². The maximum Gasteiger partial charge on any atom is 0.260 e. The molecule has 0 aliphatic carbocycles. The summed E-state index contributed by atoms with van der Waals surface area (Å²) in [6, 6.07) is 0. The molecule has 0 radical (unpaired) electrons. The quantitative estimate of drug-likeness (QED) is 0.498. The van der Waals surface area contributed by atoms with Gasteiger partial charge in [-0.2, -0.15) is 0 Å². The van der Waals surface area contributed by atoms with Crippen molar-refractivity contribution in [1.82, 2.24) is 4.90 Å². The lowest BCUT2D eigenvalue weighted by molar-refractivity contribution is 0.0999. The van der Waals surface area contributed by atoms with Gasteiger partial charge >= 0.3 is 0 Å². The standard InChI is InChI=1S/C13H23N5O2S/c1-3-18(4-2)7-5-6-17-13-8(11(15)19)9(14)10(21-13)12(16)20/h17H,3-7,14H2,1-2H3,(H2,15,19)(H2,16,20). The van der Waals surface area contributed by atoms with Crippen LogP contribution in [-0.4, -0.2) is 42.9 Å². The first-order chi connectivity index (χ1) is 9.92. The number of nitrogens with two attached hydrogens (primary N) is 3. The lowest BCUT2D eigenvalue weighted by Gasteiger charge is -2.17. The molecule has 0 saturated carbocycles. The number of thiophene rings is 1. The number of primary amides is 2. The molecule has 1 heterocycles. The van der Waals surface area contributed by atoms with E-state index in [1.54, 1.807) is 0 Å². The Balaban J connectivity index is 2.72. The number of anilines is 2. The maximum absolute atomic E-state index is 11.5. The molecule has 0 spiro atoms. The van der Waals surface area contributed by atoms with E-state index in [1.807, 2.05) is 0 Å². The molecule has 0 atom stereocenters. The Bertz CT molecular complexity index is 511. The highest BCUT2D eigenvalue weighted by atomic mass is 32.1. The van der Waals surface area contributed by atoms with Crippen molar-refractivity contribution in [2.24, 2.45) is 11.5 Å². The van der Waals surface area contributed by atoms with Crippen LogP contribution in [0.25, 0.3) is 0 Å². The summed E-state index contributed by atoms with van der Waals surface area (Å²) in [6.07, 6.45) is 0.906. The second-order valence-electron chi connectivity index (χ2n) is 4.58. The number of nitrogens with zero attached hydrogens (tertiary/aromatic N) is 1. The first kappa shape index (κ1) is 17.3. The zero-order chi connectivity index (χ0) is 16.0. The van der Waals surface area contributed by atoms with Crippen LogP contribution in [0.15, 0.2) is 0 Å². The SMILES string of the molecule is CCN(CC)CCCNc1sc(C(N)=O)c(N)c1C(N)=O. The molecule has 118 valence electrons. The zero-order valence-corrected chi connectivity index (χ0v) is 13.3. The van der Waals surface area contributed by atoms with Gasteiger partial charge in [-0.3, -0.25) is 9.59 Å². The first-order valence-corrected chi connectivity index (χ1v) is 7.72. The van der Waals surface area contributed by atoms with Gasteiger partial charge in [0.1, 0.15) is 9.88 Å². The molecular weight excluding hydrogens is 290 g/mol. The highest BCUT2D eigenvalue weighted by Gasteiger charge is 2.22. The van der Waals surface area contributed by atoms with Crippen molar-refractivity contribution in [1.29, 1.82) is 0 Å². The van der Waals surface area contributed by atoms with E-state index < -0.39 is 11.8 Å². The summed E-state index contributed by atoms with van der Waals surface area (Å²) in [5, 5.41) is 3.63. The van der Waals surface area contributed by atoms with E-state index in [4.69, 9.17) is 17.2 Å². The lowest BCUT2D eigenvalue weighted by atomic mass is 10.2. The second kappa shape index (κ2) is 7.84. The van der Waals surface area contributed by atoms with Crippen LogP contribution in [-0.2, 0) is 0 Å². The third kappa shape index (κ3) is 4.33. The van der Waals surface area contributed by atoms with Gasteiger partial charge in [0, 0.05) is 6.54 Å². The molecule has 0 aliphatic rings. The fourth-order valence-corrected chi connectivity index (χ4v) is 3.04. The van der Waals surface area contributed by atoms with E-state index in [9.17, 15) is 9.59 Å². The van der Waals surface area contributed by atoms with Crippen LogP contribution < -0.4 is 22.5 Å². The van der Waals surface area contributed by atoms with Crippen LogP contribution in [0.4, 0.5) is 10.7 Å². The van der Waals surface area contributed by atoms with E-state index in [1.165, 1.54) is 0 Å². The number of nitrogen functional groups attached to an aromatic ring is 1. The Kier molecular flexibility index (Phi) is 6.44. The van der Waals surface area contributed by atoms with Crippen molar-refractivity contribution < 1.29 is 9.59 Å². The predicted octanol–water partition coefficient (Wildman–Crippen LogP) is 0.672.